The molecule has 4 rings (SSSR count). The van der Waals surface area contributed by atoms with Crippen molar-refractivity contribution in [3.8, 4) is 0 Å². The van der Waals surface area contributed by atoms with Gasteiger partial charge in [0.1, 0.15) is 19.7 Å². The van der Waals surface area contributed by atoms with E-state index in [2.05, 4.69) is 36.6 Å². The molecular formula is C22H30Br2Cl2N2O8S4. The summed E-state index contributed by atoms with van der Waals surface area (Å²) in [7, 11) is -7.76. The van der Waals surface area contributed by atoms with E-state index < -0.39 is 38.7 Å². The van der Waals surface area contributed by atoms with Crippen molar-refractivity contribution >= 4 is 93.7 Å². The third-order valence-corrected chi connectivity index (χ3v) is 13.1. The highest BCUT2D eigenvalue weighted by molar-refractivity contribution is 9.10. The molecule has 0 amide bonds. The van der Waals surface area contributed by atoms with Gasteiger partial charge in [0.15, 0.2) is 0 Å². The number of hydrogen-bond donors (Lipinski definition) is 2. The molecule has 2 aromatic rings. The van der Waals surface area contributed by atoms with Crippen LogP contribution in [0.2, 0.25) is 0 Å². The van der Waals surface area contributed by atoms with Crippen molar-refractivity contribution in [3.63, 3.8) is 0 Å². The molecule has 2 fully saturated rings. The summed E-state index contributed by atoms with van der Waals surface area (Å²) in [6.45, 7) is 0. The molecule has 228 valence electrons. The molecule has 0 aromatic heterocycles. The lowest BCUT2D eigenvalue weighted by atomic mass is 10.2. The topological polar surface area (TPSA) is 175 Å². The van der Waals surface area contributed by atoms with Crippen LogP contribution in [0, 0.1) is 0 Å². The second kappa shape index (κ2) is 16.0. The van der Waals surface area contributed by atoms with E-state index in [9.17, 15) is 33.7 Å². The van der Waals surface area contributed by atoms with E-state index in [1.807, 2.05) is 0 Å². The van der Waals surface area contributed by atoms with Gasteiger partial charge in [-0.1, -0.05) is 31.9 Å². The second-order valence-corrected chi connectivity index (χ2v) is 19.6. The lowest BCUT2D eigenvalue weighted by molar-refractivity contribution is 0.505. The van der Waals surface area contributed by atoms with E-state index in [-0.39, 0.29) is 57.3 Å². The summed E-state index contributed by atoms with van der Waals surface area (Å²) in [5.74, 6) is 0.656. The molecule has 0 unspecified atom stereocenters. The summed E-state index contributed by atoms with van der Waals surface area (Å²) in [6, 6.07) is 12.2. The number of nitrogens with two attached hydrogens (primary N) is 1. The summed E-state index contributed by atoms with van der Waals surface area (Å²) in [5, 5.41) is 0. The number of rotatable bonds is 4. The van der Waals surface area contributed by atoms with Crippen LogP contribution in [-0.2, 0) is 38.7 Å². The summed E-state index contributed by atoms with van der Waals surface area (Å²) >= 11 is 6.42. The van der Waals surface area contributed by atoms with Gasteiger partial charge in [-0.2, -0.15) is 0 Å². The predicted molar refractivity (Wildman–Crippen MR) is 166 cm³/mol. The van der Waals surface area contributed by atoms with Gasteiger partial charge in [0, 0.05) is 31.7 Å². The summed E-state index contributed by atoms with van der Waals surface area (Å²) < 4.78 is 93.8. The van der Waals surface area contributed by atoms with E-state index in [1.165, 1.54) is 24.3 Å². The van der Waals surface area contributed by atoms with Gasteiger partial charge < -0.3 is 5.73 Å². The molecular weight excluding hydrogens is 779 g/mol. The Morgan fingerprint density at radius 3 is 1.40 bits per heavy atom. The van der Waals surface area contributed by atoms with Crippen LogP contribution < -0.4 is 10.5 Å². The molecule has 2 aromatic carbocycles. The van der Waals surface area contributed by atoms with Crippen LogP contribution in [0.15, 0.2) is 67.3 Å². The maximum Gasteiger partial charge on any atom is 0.261 e. The van der Waals surface area contributed by atoms with E-state index in [1.54, 1.807) is 24.3 Å². The molecule has 40 heavy (non-hydrogen) atoms. The summed E-state index contributed by atoms with van der Waals surface area (Å²) in [6.07, 6.45) is 1.95. The fourth-order valence-electron chi connectivity index (χ4n) is 3.41. The number of sulfone groups is 2. The first-order valence-electron chi connectivity index (χ1n) is 11.5. The fraction of sp³-hybridized carbons (Fsp3) is 0.455. The monoisotopic (exact) mass is 806 g/mol. The first kappa shape index (κ1) is 37.7. The predicted octanol–water partition coefficient (Wildman–Crippen LogP) is 3.63. The van der Waals surface area contributed by atoms with Crippen molar-refractivity contribution in [1.82, 2.24) is 4.72 Å². The van der Waals surface area contributed by atoms with Crippen LogP contribution in [-0.4, -0.2) is 68.8 Å². The lowest BCUT2D eigenvalue weighted by Gasteiger charge is -2.22. The molecule has 10 nitrogen and oxygen atoms in total. The van der Waals surface area contributed by atoms with Gasteiger partial charge in [0.25, 0.3) is 9.05 Å². The number of halogens is 4. The molecule has 2 saturated heterocycles. The lowest BCUT2D eigenvalue weighted by Crippen LogP contribution is -2.40. The molecule has 0 bridgehead atoms. The molecule has 2 aliphatic heterocycles. The molecule has 2 heterocycles. The van der Waals surface area contributed by atoms with Crippen molar-refractivity contribution in [2.45, 2.75) is 47.6 Å². The molecule has 0 radical (unpaired) electrons. The zero-order valence-corrected chi connectivity index (χ0v) is 29.0. The third-order valence-electron chi connectivity index (χ3n) is 5.69. The summed E-state index contributed by atoms with van der Waals surface area (Å²) in [4.78, 5) is 0.298. The average Bonchev–Trinajstić information content (AvgIpc) is 2.83. The Bertz CT molecular complexity index is 1510. The Morgan fingerprint density at radius 2 is 1.05 bits per heavy atom. The maximum absolute atomic E-state index is 12.1. The van der Waals surface area contributed by atoms with E-state index in [0.717, 1.165) is 8.95 Å². The van der Waals surface area contributed by atoms with Crippen LogP contribution in [0.4, 0.5) is 0 Å². The SMILES string of the molecule is Cl.NC1CCS(=O)(=O)CC1.O=S(=O)(Cl)c1ccc(Br)cc1.O=S1(=O)CCC(NS(=O)(=O)c2ccc(Br)cc2)CC1. The maximum atomic E-state index is 12.1. The van der Waals surface area contributed by atoms with Crippen LogP contribution in [0.25, 0.3) is 0 Å². The Labute approximate surface area is 263 Å². The minimum absolute atomic E-state index is 0. The normalized spacial score (nSPS) is 19.1. The summed E-state index contributed by atoms with van der Waals surface area (Å²) in [5.41, 5.74) is 5.49. The van der Waals surface area contributed by atoms with E-state index >= 15 is 0 Å². The highest BCUT2D eigenvalue weighted by Crippen LogP contribution is 2.19. The Morgan fingerprint density at radius 1 is 0.700 bits per heavy atom. The number of nitrogens with one attached hydrogen (secondary N) is 1. The van der Waals surface area contributed by atoms with Gasteiger partial charge in [-0.25, -0.2) is 38.4 Å². The van der Waals surface area contributed by atoms with Crippen LogP contribution >= 0.6 is 54.9 Å². The Kier molecular flexibility index (Phi) is 15.1. The van der Waals surface area contributed by atoms with Crippen LogP contribution in [0.3, 0.4) is 0 Å². The number of sulfonamides is 1. The minimum Gasteiger partial charge on any atom is -0.328 e. The van der Waals surface area contributed by atoms with Crippen molar-refractivity contribution in [2.24, 2.45) is 5.73 Å². The van der Waals surface area contributed by atoms with Gasteiger partial charge in [-0.05, 0) is 74.2 Å². The smallest absolute Gasteiger partial charge is 0.261 e. The van der Waals surface area contributed by atoms with Crippen molar-refractivity contribution in [1.29, 1.82) is 0 Å². The molecule has 0 aliphatic carbocycles. The zero-order valence-electron chi connectivity index (χ0n) is 20.9. The van der Waals surface area contributed by atoms with E-state index in [4.69, 9.17) is 16.4 Å². The largest absolute Gasteiger partial charge is 0.328 e. The minimum atomic E-state index is -3.58. The van der Waals surface area contributed by atoms with Crippen LogP contribution in [0.1, 0.15) is 25.7 Å². The van der Waals surface area contributed by atoms with Gasteiger partial charge >= 0.3 is 0 Å². The molecule has 0 saturated carbocycles. The van der Waals surface area contributed by atoms with Gasteiger partial charge in [-0.15, -0.1) is 12.4 Å². The van der Waals surface area contributed by atoms with Gasteiger partial charge in [0.05, 0.1) is 32.8 Å². The second-order valence-electron chi connectivity index (χ2n) is 8.88. The highest BCUT2D eigenvalue weighted by atomic mass is 79.9. The molecule has 3 N–H and O–H groups in total. The Balaban J connectivity index is 0.000000324. The molecule has 0 spiro atoms. The van der Waals surface area contributed by atoms with Gasteiger partial charge in [0.2, 0.25) is 10.0 Å². The quantitative estimate of drug-likeness (QED) is 0.438. The average molecular weight is 809 g/mol. The molecule has 18 heteroatoms. The first-order chi connectivity index (χ1) is 17.9. The van der Waals surface area contributed by atoms with Crippen molar-refractivity contribution in [2.75, 3.05) is 23.0 Å². The highest BCUT2D eigenvalue weighted by Gasteiger charge is 2.27. The number of benzene rings is 2. The van der Waals surface area contributed by atoms with Crippen molar-refractivity contribution < 1.29 is 33.7 Å². The van der Waals surface area contributed by atoms with Crippen molar-refractivity contribution in [3.05, 3.63) is 57.5 Å². The van der Waals surface area contributed by atoms with Gasteiger partial charge in [-0.3, -0.25) is 0 Å². The van der Waals surface area contributed by atoms with Crippen LogP contribution in [0.5, 0.6) is 0 Å². The molecule has 2 aliphatic rings. The first-order valence-corrected chi connectivity index (χ1v) is 20.6. The number of hydrogen-bond acceptors (Lipinski definition) is 9. The zero-order chi connectivity index (χ0) is 29.5. The molecule has 0 atom stereocenters. The fourth-order valence-corrected chi connectivity index (χ4v) is 9.04. The Hall–Kier alpha value is -0.300. The standard InChI is InChI=1S/C11H14BrNO4S2.C6H4BrClO2S.C5H11NO2S.ClH/c12-9-1-3-11(4-2-9)19(16,17)13-10-5-7-18(14,15)8-6-10;7-5-1-3-6(4-2-5)11(8,9)10;6-5-1-3-9(7,8)4-2-5;/h1-4,10,13H,5-8H2;1-4H;5H,1-4,6H2;1H. The third kappa shape index (κ3) is 13.8. The van der Waals surface area contributed by atoms with E-state index in [0.29, 0.717) is 25.7 Å².